The summed E-state index contributed by atoms with van der Waals surface area (Å²) in [6, 6.07) is 5.85. The Bertz CT molecular complexity index is 372. The van der Waals surface area contributed by atoms with Gasteiger partial charge in [-0.05, 0) is 25.1 Å². The average Bonchev–Trinajstić information content (AvgIpc) is 2.26. The first kappa shape index (κ1) is 13.4. The molecule has 94 valence electrons. The lowest BCUT2D eigenvalue weighted by Crippen LogP contribution is -2.13. The highest BCUT2D eigenvalue weighted by Crippen LogP contribution is 2.19. The van der Waals surface area contributed by atoms with E-state index < -0.39 is 6.61 Å². The van der Waals surface area contributed by atoms with Gasteiger partial charge in [-0.15, -0.1) is 0 Å². The quantitative estimate of drug-likeness (QED) is 0.804. The van der Waals surface area contributed by atoms with Crippen LogP contribution in [-0.4, -0.2) is 19.1 Å². The Labute approximate surface area is 97.8 Å². The van der Waals surface area contributed by atoms with Crippen molar-refractivity contribution in [3.05, 3.63) is 24.3 Å². The summed E-state index contributed by atoms with van der Waals surface area (Å²) in [4.78, 5) is 11.3. The smallest absolute Gasteiger partial charge is 0.387 e. The second kappa shape index (κ2) is 6.80. The summed E-state index contributed by atoms with van der Waals surface area (Å²) in [5, 5.41) is 2.57. The van der Waals surface area contributed by atoms with Gasteiger partial charge >= 0.3 is 6.61 Å². The van der Waals surface area contributed by atoms with Crippen molar-refractivity contribution in [3.8, 4) is 5.75 Å². The first-order valence-corrected chi connectivity index (χ1v) is 5.16. The number of carbonyl (C=O) groups excluding carboxylic acids is 1. The highest BCUT2D eigenvalue weighted by Gasteiger charge is 2.06. The van der Waals surface area contributed by atoms with E-state index in [4.69, 9.17) is 5.73 Å². The van der Waals surface area contributed by atoms with Crippen LogP contribution in [0.2, 0.25) is 0 Å². The number of halogens is 2. The molecule has 0 heterocycles. The fourth-order valence-corrected chi connectivity index (χ4v) is 1.24. The van der Waals surface area contributed by atoms with Crippen LogP contribution in [0.25, 0.3) is 0 Å². The van der Waals surface area contributed by atoms with E-state index in [1.807, 2.05) is 0 Å². The van der Waals surface area contributed by atoms with Gasteiger partial charge in [0.05, 0.1) is 0 Å². The number of anilines is 1. The van der Waals surface area contributed by atoms with Crippen molar-refractivity contribution in [2.24, 2.45) is 5.73 Å². The summed E-state index contributed by atoms with van der Waals surface area (Å²) >= 11 is 0. The molecule has 0 radical (unpaired) electrons. The van der Waals surface area contributed by atoms with E-state index in [0.717, 1.165) is 0 Å². The predicted molar refractivity (Wildman–Crippen MR) is 60.0 cm³/mol. The van der Waals surface area contributed by atoms with Gasteiger partial charge < -0.3 is 15.8 Å². The Morgan fingerprint density at radius 2 is 2.24 bits per heavy atom. The molecule has 0 unspecified atom stereocenters. The lowest BCUT2D eigenvalue weighted by Gasteiger charge is -2.08. The highest BCUT2D eigenvalue weighted by molar-refractivity contribution is 5.90. The molecule has 4 nitrogen and oxygen atoms in total. The van der Waals surface area contributed by atoms with Gasteiger partial charge in [0, 0.05) is 18.2 Å². The second-order valence-corrected chi connectivity index (χ2v) is 3.35. The van der Waals surface area contributed by atoms with Gasteiger partial charge in [0.1, 0.15) is 5.75 Å². The number of rotatable bonds is 6. The molecule has 1 rings (SSSR count). The summed E-state index contributed by atoms with van der Waals surface area (Å²) in [6.07, 6.45) is 0.884. The molecule has 0 fully saturated rings. The third-order valence-electron chi connectivity index (χ3n) is 1.95. The van der Waals surface area contributed by atoms with Crippen LogP contribution < -0.4 is 15.8 Å². The van der Waals surface area contributed by atoms with Crippen LogP contribution in [0.4, 0.5) is 14.5 Å². The summed E-state index contributed by atoms with van der Waals surface area (Å²) in [7, 11) is 0. The molecule has 1 aromatic carbocycles. The van der Waals surface area contributed by atoms with E-state index in [2.05, 4.69) is 10.1 Å². The minimum absolute atomic E-state index is 0.0108. The molecule has 0 aliphatic carbocycles. The summed E-state index contributed by atoms with van der Waals surface area (Å²) in [6.45, 7) is -2.44. The van der Waals surface area contributed by atoms with Gasteiger partial charge in [-0.2, -0.15) is 8.78 Å². The zero-order valence-electron chi connectivity index (χ0n) is 9.16. The molecule has 0 aliphatic heterocycles. The van der Waals surface area contributed by atoms with Crippen molar-refractivity contribution in [1.29, 1.82) is 0 Å². The van der Waals surface area contributed by atoms with Crippen LogP contribution in [-0.2, 0) is 4.79 Å². The molecule has 3 N–H and O–H groups in total. The summed E-state index contributed by atoms with van der Waals surface area (Å²) in [5.74, 6) is -0.193. The molecule has 6 heteroatoms. The van der Waals surface area contributed by atoms with Crippen molar-refractivity contribution in [3.63, 3.8) is 0 Å². The second-order valence-electron chi connectivity index (χ2n) is 3.35. The summed E-state index contributed by atoms with van der Waals surface area (Å²) < 4.78 is 28.1. The van der Waals surface area contributed by atoms with Crippen molar-refractivity contribution >= 4 is 11.6 Å². The molecule has 17 heavy (non-hydrogen) atoms. The summed E-state index contributed by atoms with van der Waals surface area (Å²) in [5.41, 5.74) is 5.69. The van der Waals surface area contributed by atoms with Crippen LogP contribution in [0.1, 0.15) is 12.8 Å². The fourth-order valence-electron chi connectivity index (χ4n) is 1.24. The number of hydrogen-bond acceptors (Lipinski definition) is 3. The van der Waals surface area contributed by atoms with Crippen LogP contribution in [0, 0.1) is 0 Å². The largest absolute Gasteiger partial charge is 0.435 e. The lowest BCUT2D eigenvalue weighted by molar-refractivity contribution is -0.116. The van der Waals surface area contributed by atoms with Gasteiger partial charge in [0.15, 0.2) is 0 Å². The number of nitrogens with two attached hydrogens (primary N) is 1. The molecule has 0 aromatic heterocycles. The van der Waals surface area contributed by atoms with Crippen molar-refractivity contribution in [1.82, 2.24) is 0 Å². The Balaban J connectivity index is 2.56. The predicted octanol–water partition coefficient (Wildman–Crippen LogP) is 1.97. The maximum Gasteiger partial charge on any atom is 0.387 e. The van der Waals surface area contributed by atoms with Gasteiger partial charge in [-0.25, -0.2) is 0 Å². The van der Waals surface area contributed by atoms with Crippen molar-refractivity contribution in [2.75, 3.05) is 11.9 Å². The molecule has 0 saturated heterocycles. The van der Waals surface area contributed by atoms with E-state index in [9.17, 15) is 13.6 Å². The van der Waals surface area contributed by atoms with E-state index in [1.165, 1.54) is 18.2 Å². The van der Waals surface area contributed by atoms with E-state index in [0.29, 0.717) is 25.1 Å². The Morgan fingerprint density at radius 3 is 2.88 bits per heavy atom. The number of hydrogen-bond donors (Lipinski definition) is 2. The molecule has 0 atom stereocenters. The first-order chi connectivity index (χ1) is 8.11. The lowest BCUT2D eigenvalue weighted by atomic mass is 10.2. The van der Waals surface area contributed by atoms with Crippen molar-refractivity contribution in [2.45, 2.75) is 19.5 Å². The number of alkyl halides is 2. The molecule has 1 amide bonds. The minimum Gasteiger partial charge on any atom is -0.435 e. The van der Waals surface area contributed by atoms with Crippen LogP contribution in [0.15, 0.2) is 24.3 Å². The first-order valence-electron chi connectivity index (χ1n) is 5.16. The standard InChI is InChI=1S/C11H14F2N2O2/c12-11(13)17-9-4-1-3-8(7-9)15-10(16)5-2-6-14/h1,3-4,7,11H,2,5-6,14H2,(H,15,16). The van der Waals surface area contributed by atoms with Gasteiger partial charge in [0.25, 0.3) is 0 Å². The van der Waals surface area contributed by atoms with E-state index in [-0.39, 0.29) is 11.7 Å². The zero-order chi connectivity index (χ0) is 12.7. The van der Waals surface area contributed by atoms with Gasteiger partial charge in [-0.3, -0.25) is 4.79 Å². The Kier molecular flexibility index (Phi) is 5.35. The number of benzene rings is 1. The third-order valence-corrected chi connectivity index (χ3v) is 1.95. The zero-order valence-corrected chi connectivity index (χ0v) is 9.16. The number of amides is 1. The van der Waals surface area contributed by atoms with Crippen LogP contribution in [0.5, 0.6) is 5.75 Å². The molecule has 0 saturated carbocycles. The third kappa shape index (κ3) is 5.26. The molecular formula is C11H14F2N2O2. The maximum absolute atomic E-state index is 12.0. The fraction of sp³-hybridized carbons (Fsp3) is 0.364. The minimum atomic E-state index is -2.88. The van der Waals surface area contributed by atoms with Gasteiger partial charge in [-0.1, -0.05) is 6.07 Å². The van der Waals surface area contributed by atoms with Crippen LogP contribution >= 0.6 is 0 Å². The van der Waals surface area contributed by atoms with Gasteiger partial charge in [0.2, 0.25) is 5.91 Å². The SMILES string of the molecule is NCCCC(=O)Nc1cccc(OC(F)F)c1. The highest BCUT2D eigenvalue weighted by atomic mass is 19.3. The Hall–Kier alpha value is -1.69. The monoisotopic (exact) mass is 244 g/mol. The van der Waals surface area contributed by atoms with E-state index in [1.54, 1.807) is 6.07 Å². The molecule has 0 aliphatic rings. The average molecular weight is 244 g/mol. The normalized spacial score (nSPS) is 10.4. The number of nitrogens with one attached hydrogen (secondary N) is 1. The molecule has 0 bridgehead atoms. The van der Waals surface area contributed by atoms with Crippen molar-refractivity contribution < 1.29 is 18.3 Å². The van der Waals surface area contributed by atoms with E-state index >= 15 is 0 Å². The molecule has 0 spiro atoms. The number of ether oxygens (including phenoxy) is 1. The number of carbonyl (C=O) groups is 1. The molecular weight excluding hydrogens is 230 g/mol. The Morgan fingerprint density at radius 1 is 1.47 bits per heavy atom. The molecule has 1 aromatic rings. The topological polar surface area (TPSA) is 64.4 Å². The van der Waals surface area contributed by atoms with Crippen LogP contribution in [0.3, 0.4) is 0 Å². The maximum atomic E-state index is 12.0.